The van der Waals surface area contributed by atoms with Gasteiger partial charge in [-0.2, -0.15) is 0 Å². The van der Waals surface area contributed by atoms with Crippen molar-refractivity contribution < 1.29 is 0 Å². The Morgan fingerprint density at radius 3 is 2.80 bits per heavy atom. The van der Waals surface area contributed by atoms with Crippen LogP contribution in [-0.2, 0) is 6.42 Å². The first-order valence-electron chi connectivity index (χ1n) is 5.21. The summed E-state index contributed by atoms with van der Waals surface area (Å²) in [7, 11) is 4.10. The molecule has 0 aliphatic heterocycles. The Labute approximate surface area is 101 Å². The average Bonchev–Trinajstić information content (AvgIpc) is 2.20. The van der Waals surface area contributed by atoms with E-state index in [1.165, 1.54) is 15.6 Å². The lowest BCUT2D eigenvalue weighted by Gasteiger charge is -2.16. The third-order valence-corrected chi connectivity index (χ3v) is 3.00. The van der Waals surface area contributed by atoms with Gasteiger partial charge in [0, 0.05) is 17.7 Å². The Bertz CT molecular complexity index is 312. The highest BCUT2D eigenvalue weighted by Gasteiger charge is 2.01. The predicted molar refractivity (Wildman–Crippen MR) is 69.1 cm³/mol. The van der Waals surface area contributed by atoms with Crippen molar-refractivity contribution in [1.82, 2.24) is 10.2 Å². The Kier molecular flexibility index (Phi) is 5.29. The number of likely N-dealkylation sites (N-methyl/N-ethyl adjacent to an activating group) is 1. The second-order valence-corrected chi connectivity index (χ2v) is 4.83. The molecule has 0 radical (unpaired) electrons. The summed E-state index contributed by atoms with van der Waals surface area (Å²) < 4.78 is 1.17. The van der Waals surface area contributed by atoms with Gasteiger partial charge in [-0.05, 0) is 50.7 Å². The molecule has 15 heavy (non-hydrogen) atoms. The van der Waals surface area contributed by atoms with Gasteiger partial charge in [-0.3, -0.25) is 4.90 Å². The SMILES string of the molecule is CNCN(C)CCc1cc(Br)ccc1C. The molecule has 0 saturated carbocycles. The van der Waals surface area contributed by atoms with Gasteiger partial charge in [-0.25, -0.2) is 0 Å². The molecule has 0 heterocycles. The zero-order chi connectivity index (χ0) is 11.3. The zero-order valence-corrected chi connectivity index (χ0v) is 11.3. The van der Waals surface area contributed by atoms with E-state index in [1.807, 2.05) is 7.05 Å². The van der Waals surface area contributed by atoms with Gasteiger partial charge in [0.2, 0.25) is 0 Å². The minimum Gasteiger partial charge on any atom is -0.307 e. The summed E-state index contributed by atoms with van der Waals surface area (Å²) >= 11 is 3.51. The van der Waals surface area contributed by atoms with E-state index in [0.29, 0.717) is 0 Å². The Balaban J connectivity index is 2.53. The highest BCUT2D eigenvalue weighted by molar-refractivity contribution is 9.10. The Hall–Kier alpha value is -0.380. The van der Waals surface area contributed by atoms with E-state index in [0.717, 1.165) is 19.6 Å². The molecule has 0 bridgehead atoms. The van der Waals surface area contributed by atoms with Crippen molar-refractivity contribution in [3.8, 4) is 0 Å². The maximum atomic E-state index is 3.51. The maximum absolute atomic E-state index is 3.51. The molecule has 0 fully saturated rings. The third kappa shape index (κ3) is 4.33. The van der Waals surface area contributed by atoms with Gasteiger partial charge in [0.25, 0.3) is 0 Å². The molecule has 1 aromatic rings. The molecule has 0 spiro atoms. The highest BCUT2D eigenvalue weighted by atomic mass is 79.9. The monoisotopic (exact) mass is 270 g/mol. The van der Waals surface area contributed by atoms with E-state index in [-0.39, 0.29) is 0 Å². The summed E-state index contributed by atoms with van der Waals surface area (Å²) in [6.07, 6.45) is 1.10. The number of hydrogen-bond acceptors (Lipinski definition) is 2. The first kappa shape index (κ1) is 12.7. The first-order chi connectivity index (χ1) is 7.13. The summed E-state index contributed by atoms with van der Waals surface area (Å²) in [5.74, 6) is 0. The van der Waals surface area contributed by atoms with Crippen LogP contribution in [0.5, 0.6) is 0 Å². The second kappa shape index (κ2) is 6.26. The van der Waals surface area contributed by atoms with Crippen LogP contribution in [0.3, 0.4) is 0 Å². The smallest absolute Gasteiger partial charge is 0.0475 e. The van der Waals surface area contributed by atoms with Crippen LogP contribution < -0.4 is 5.32 Å². The number of benzene rings is 1. The van der Waals surface area contributed by atoms with Crippen LogP contribution in [-0.4, -0.2) is 32.2 Å². The van der Waals surface area contributed by atoms with Gasteiger partial charge in [-0.1, -0.05) is 22.0 Å². The molecule has 0 unspecified atom stereocenters. The van der Waals surface area contributed by atoms with Gasteiger partial charge in [0.1, 0.15) is 0 Å². The topological polar surface area (TPSA) is 15.3 Å². The summed E-state index contributed by atoms with van der Waals surface area (Å²) in [4.78, 5) is 2.28. The van der Waals surface area contributed by atoms with E-state index < -0.39 is 0 Å². The summed E-state index contributed by atoms with van der Waals surface area (Å²) in [6, 6.07) is 6.47. The van der Waals surface area contributed by atoms with Crippen molar-refractivity contribution >= 4 is 15.9 Å². The van der Waals surface area contributed by atoms with Crippen LogP contribution in [0.15, 0.2) is 22.7 Å². The number of halogens is 1. The summed E-state index contributed by atoms with van der Waals surface area (Å²) in [6.45, 7) is 4.19. The van der Waals surface area contributed by atoms with E-state index in [4.69, 9.17) is 0 Å². The number of rotatable bonds is 5. The molecule has 0 amide bonds. The lowest BCUT2D eigenvalue weighted by molar-refractivity contribution is 0.321. The number of aryl methyl sites for hydroxylation is 1. The molecule has 0 atom stereocenters. The molecule has 1 aromatic carbocycles. The fourth-order valence-corrected chi connectivity index (χ4v) is 1.98. The van der Waals surface area contributed by atoms with E-state index in [1.54, 1.807) is 0 Å². The quantitative estimate of drug-likeness (QED) is 0.827. The second-order valence-electron chi connectivity index (χ2n) is 3.91. The van der Waals surface area contributed by atoms with Crippen molar-refractivity contribution in [2.45, 2.75) is 13.3 Å². The van der Waals surface area contributed by atoms with Crippen molar-refractivity contribution in [2.24, 2.45) is 0 Å². The van der Waals surface area contributed by atoms with Crippen LogP contribution in [0.25, 0.3) is 0 Å². The molecule has 0 saturated heterocycles. The average molecular weight is 271 g/mol. The molecule has 84 valence electrons. The Morgan fingerprint density at radius 1 is 1.40 bits per heavy atom. The van der Waals surface area contributed by atoms with E-state index in [9.17, 15) is 0 Å². The van der Waals surface area contributed by atoms with Crippen molar-refractivity contribution in [2.75, 3.05) is 27.3 Å². The molecule has 1 rings (SSSR count). The summed E-state index contributed by atoms with van der Waals surface area (Å²) in [5.41, 5.74) is 2.79. The van der Waals surface area contributed by atoms with Crippen LogP contribution >= 0.6 is 15.9 Å². The fraction of sp³-hybridized carbons (Fsp3) is 0.500. The maximum Gasteiger partial charge on any atom is 0.0475 e. The van der Waals surface area contributed by atoms with E-state index in [2.05, 4.69) is 58.3 Å². The third-order valence-electron chi connectivity index (χ3n) is 2.50. The fourth-order valence-electron chi connectivity index (χ4n) is 1.57. The standard InChI is InChI=1S/C12H19BrN2/c1-10-4-5-12(13)8-11(10)6-7-15(3)9-14-2/h4-5,8,14H,6-7,9H2,1-3H3. The molecule has 0 aliphatic carbocycles. The minimum absolute atomic E-state index is 0.938. The van der Waals surface area contributed by atoms with Crippen molar-refractivity contribution in [1.29, 1.82) is 0 Å². The highest BCUT2D eigenvalue weighted by Crippen LogP contribution is 2.16. The number of nitrogens with one attached hydrogen (secondary N) is 1. The largest absolute Gasteiger partial charge is 0.307 e. The summed E-state index contributed by atoms with van der Waals surface area (Å²) in [5, 5.41) is 3.15. The molecule has 3 heteroatoms. The lowest BCUT2D eigenvalue weighted by atomic mass is 10.1. The minimum atomic E-state index is 0.938. The van der Waals surface area contributed by atoms with Crippen molar-refractivity contribution in [3.05, 3.63) is 33.8 Å². The zero-order valence-electron chi connectivity index (χ0n) is 9.68. The van der Waals surface area contributed by atoms with Gasteiger partial charge < -0.3 is 5.32 Å². The van der Waals surface area contributed by atoms with Crippen molar-refractivity contribution in [3.63, 3.8) is 0 Å². The van der Waals surface area contributed by atoms with Gasteiger partial charge in [0.05, 0.1) is 0 Å². The molecule has 0 aromatic heterocycles. The van der Waals surface area contributed by atoms with Crippen LogP contribution in [0.2, 0.25) is 0 Å². The predicted octanol–water partition coefficient (Wildman–Crippen LogP) is 2.41. The van der Waals surface area contributed by atoms with Gasteiger partial charge >= 0.3 is 0 Å². The van der Waals surface area contributed by atoms with Crippen LogP contribution in [0.1, 0.15) is 11.1 Å². The first-order valence-corrected chi connectivity index (χ1v) is 6.01. The van der Waals surface area contributed by atoms with Crippen LogP contribution in [0.4, 0.5) is 0 Å². The molecule has 1 N–H and O–H groups in total. The molecular formula is C12H19BrN2. The lowest BCUT2D eigenvalue weighted by Crippen LogP contribution is -2.30. The van der Waals surface area contributed by atoms with Gasteiger partial charge in [-0.15, -0.1) is 0 Å². The number of hydrogen-bond donors (Lipinski definition) is 1. The normalized spacial score (nSPS) is 11.0. The molecule has 0 aliphatic rings. The van der Waals surface area contributed by atoms with Crippen LogP contribution in [0, 0.1) is 6.92 Å². The van der Waals surface area contributed by atoms with Gasteiger partial charge in [0.15, 0.2) is 0 Å². The molecular weight excluding hydrogens is 252 g/mol. The molecule has 2 nitrogen and oxygen atoms in total. The number of nitrogens with zero attached hydrogens (tertiary/aromatic N) is 1. The van der Waals surface area contributed by atoms with E-state index >= 15 is 0 Å². The Morgan fingerprint density at radius 2 is 2.13 bits per heavy atom.